The molecule has 0 bridgehead atoms. The summed E-state index contributed by atoms with van der Waals surface area (Å²) in [6.45, 7) is 3.84. The minimum absolute atomic E-state index is 0.102. The lowest BCUT2D eigenvalue weighted by atomic mass is 10.1. The average Bonchev–Trinajstić information content (AvgIpc) is 3.00. The Bertz CT molecular complexity index is 1190. The maximum Gasteiger partial charge on any atom is 0.335 e. The zero-order chi connectivity index (χ0) is 21.4. The first-order valence-corrected chi connectivity index (χ1v) is 9.66. The van der Waals surface area contributed by atoms with Crippen LogP contribution in [0.2, 0.25) is 5.02 Å². The van der Waals surface area contributed by atoms with Crippen molar-refractivity contribution in [1.82, 2.24) is 9.88 Å². The van der Waals surface area contributed by atoms with Crippen molar-refractivity contribution in [3.05, 3.63) is 88.2 Å². The number of nitrogens with zero attached hydrogens (tertiary/aromatic N) is 2. The first-order valence-electron chi connectivity index (χ1n) is 9.28. The Kier molecular flexibility index (Phi) is 5.01. The van der Waals surface area contributed by atoms with Gasteiger partial charge in [0.05, 0.1) is 5.69 Å². The first-order chi connectivity index (χ1) is 14.4. The number of amides is 4. The number of hydrogen-bond acceptors (Lipinski definition) is 3. The van der Waals surface area contributed by atoms with Crippen LogP contribution < -0.4 is 10.2 Å². The van der Waals surface area contributed by atoms with Crippen LogP contribution in [0.1, 0.15) is 17.0 Å². The molecule has 0 atom stereocenters. The van der Waals surface area contributed by atoms with Crippen molar-refractivity contribution in [3.63, 3.8) is 0 Å². The SMILES string of the molecule is Cc1cc(C=C2C(=O)NC(=O)N(c3ccccc3)C2=O)c(C)n1-c1ccc(Cl)cc1. The Hall–Kier alpha value is -3.64. The van der Waals surface area contributed by atoms with Gasteiger partial charge in [-0.2, -0.15) is 0 Å². The fourth-order valence-electron chi connectivity index (χ4n) is 3.55. The van der Waals surface area contributed by atoms with Gasteiger partial charge in [-0.25, -0.2) is 9.69 Å². The molecule has 1 aromatic heterocycles. The van der Waals surface area contributed by atoms with Gasteiger partial charge in [0.1, 0.15) is 5.57 Å². The highest BCUT2D eigenvalue weighted by atomic mass is 35.5. The Labute approximate surface area is 178 Å². The standard InChI is InChI=1S/C23H18ClN3O3/c1-14-12-16(15(2)26(14)19-10-8-17(24)9-11-19)13-20-21(28)25-23(30)27(22(20)29)18-6-4-3-5-7-18/h3-13H,1-2H3,(H,25,28,30). The summed E-state index contributed by atoms with van der Waals surface area (Å²) in [4.78, 5) is 38.7. The van der Waals surface area contributed by atoms with Gasteiger partial charge >= 0.3 is 6.03 Å². The van der Waals surface area contributed by atoms with Crippen LogP contribution in [0.3, 0.4) is 0 Å². The topological polar surface area (TPSA) is 71.4 Å². The minimum Gasteiger partial charge on any atom is -0.318 e. The number of urea groups is 1. The van der Waals surface area contributed by atoms with Crippen molar-refractivity contribution in [1.29, 1.82) is 0 Å². The highest BCUT2D eigenvalue weighted by Crippen LogP contribution is 2.26. The molecule has 6 nitrogen and oxygen atoms in total. The number of para-hydroxylation sites is 1. The fourth-order valence-corrected chi connectivity index (χ4v) is 3.67. The van der Waals surface area contributed by atoms with E-state index >= 15 is 0 Å². The van der Waals surface area contributed by atoms with Gasteiger partial charge in [0.25, 0.3) is 11.8 Å². The van der Waals surface area contributed by atoms with Crippen LogP contribution in [0.15, 0.2) is 66.2 Å². The molecule has 0 spiro atoms. The molecule has 4 amide bonds. The predicted octanol–water partition coefficient (Wildman–Crippen LogP) is 4.41. The highest BCUT2D eigenvalue weighted by Gasteiger charge is 2.36. The molecule has 30 heavy (non-hydrogen) atoms. The van der Waals surface area contributed by atoms with E-state index in [0.717, 1.165) is 22.0 Å². The van der Waals surface area contributed by atoms with Gasteiger partial charge in [0.2, 0.25) is 0 Å². The number of benzene rings is 2. The van der Waals surface area contributed by atoms with Gasteiger partial charge in [-0.1, -0.05) is 29.8 Å². The maximum absolute atomic E-state index is 13.0. The number of nitrogens with one attached hydrogen (secondary N) is 1. The smallest absolute Gasteiger partial charge is 0.318 e. The summed E-state index contributed by atoms with van der Waals surface area (Å²) in [7, 11) is 0. The maximum atomic E-state index is 13.0. The van der Waals surface area contributed by atoms with Crippen LogP contribution in [0, 0.1) is 13.8 Å². The molecule has 3 aromatic rings. The van der Waals surface area contributed by atoms with Gasteiger partial charge < -0.3 is 4.57 Å². The number of barbiturate groups is 1. The number of aryl methyl sites for hydroxylation is 1. The number of carbonyl (C=O) groups is 3. The molecule has 150 valence electrons. The normalized spacial score (nSPS) is 15.6. The number of carbonyl (C=O) groups excluding carboxylic acids is 3. The zero-order valence-corrected chi connectivity index (χ0v) is 17.1. The molecule has 1 N–H and O–H groups in total. The van der Waals surface area contributed by atoms with Crippen LogP contribution >= 0.6 is 11.6 Å². The Morgan fingerprint density at radius 2 is 1.57 bits per heavy atom. The second kappa shape index (κ2) is 7.65. The number of imide groups is 2. The van der Waals surface area contributed by atoms with E-state index in [4.69, 9.17) is 11.6 Å². The number of rotatable bonds is 3. The quantitative estimate of drug-likeness (QED) is 0.504. The third kappa shape index (κ3) is 3.42. The van der Waals surface area contributed by atoms with E-state index in [1.54, 1.807) is 42.5 Å². The van der Waals surface area contributed by atoms with Crippen molar-refractivity contribution in [2.45, 2.75) is 13.8 Å². The minimum atomic E-state index is -0.764. The Morgan fingerprint density at radius 1 is 0.900 bits per heavy atom. The molecule has 2 aromatic carbocycles. The van der Waals surface area contributed by atoms with Gasteiger partial charge in [-0.05, 0) is 68.0 Å². The van der Waals surface area contributed by atoms with E-state index in [9.17, 15) is 14.4 Å². The molecule has 7 heteroatoms. The number of anilines is 1. The van der Waals surface area contributed by atoms with Gasteiger partial charge in [0.15, 0.2) is 0 Å². The molecule has 1 fully saturated rings. The molecule has 0 aliphatic carbocycles. The van der Waals surface area contributed by atoms with Crippen LogP contribution in [0.25, 0.3) is 11.8 Å². The summed E-state index contributed by atoms with van der Waals surface area (Å²) >= 11 is 5.99. The number of halogens is 1. The molecular formula is C23H18ClN3O3. The van der Waals surface area contributed by atoms with E-state index in [0.29, 0.717) is 16.3 Å². The molecule has 2 heterocycles. The molecule has 1 aliphatic rings. The lowest BCUT2D eigenvalue weighted by Gasteiger charge is -2.26. The summed E-state index contributed by atoms with van der Waals surface area (Å²) in [5.74, 6) is -1.38. The average molecular weight is 420 g/mol. The molecule has 4 rings (SSSR count). The van der Waals surface area contributed by atoms with Crippen molar-refractivity contribution in [2.24, 2.45) is 0 Å². The van der Waals surface area contributed by atoms with Crippen LogP contribution in [-0.2, 0) is 9.59 Å². The third-order valence-corrected chi connectivity index (χ3v) is 5.22. The second-order valence-corrected chi connectivity index (χ2v) is 7.37. The predicted molar refractivity (Wildman–Crippen MR) is 116 cm³/mol. The first kappa shape index (κ1) is 19.7. The molecule has 0 unspecified atom stereocenters. The summed E-state index contributed by atoms with van der Waals surface area (Å²) in [5, 5.41) is 2.88. The molecular weight excluding hydrogens is 402 g/mol. The van der Waals surface area contributed by atoms with E-state index in [2.05, 4.69) is 5.32 Å². The Balaban J connectivity index is 1.76. The van der Waals surface area contributed by atoms with Crippen LogP contribution in [-0.4, -0.2) is 22.4 Å². The lowest BCUT2D eigenvalue weighted by Crippen LogP contribution is -2.54. The number of aromatic nitrogens is 1. The summed E-state index contributed by atoms with van der Waals surface area (Å²) in [6.07, 6.45) is 1.52. The fraction of sp³-hybridized carbons (Fsp3) is 0.0870. The Morgan fingerprint density at radius 3 is 2.23 bits per heavy atom. The molecule has 0 radical (unpaired) electrons. The van der Waals surface area contributed by atoms with Crippen molar-refractivity contribution < 1.29 is 14.4 Å². The van der Waals surface area contributed by atoms with E-state index < -0.39 is 17.8 Å². The second-order valence-electron chi connectivity index (χ2n) is 6.93. The van der Waals surface area contributed by atoms with E-state index in [1.165, 1.54) is 6.08 Å². The monoisotopic (exact) mass is 419 g/mol. The zero-order valence-electron chi connectivity index (χ0n) is 16.3. The van der Waals surface area contributed by atoms with Crippen LogP contribution in [0.5, 0.6) is 0 Å². The van der Waals surface area contributed by atoms with E-state index in [-0.39, 0.29) is 5.57 Å². The molecule has 0 saturated carbocycles. The van der Waals surface area contributed by atoms with E-state index in [1.807, 2.05) is 36.6 Å². The van der Waals surface area contributed by atoms with Crippen molar-refractivity contribution >= 4 is 41.2 Å². The largest absolute Gasteiger partial charge is 0.335 e. The summed E-state index contributed by atoms with van der Waals surface area (Å²) < 4.78 is 2.01. The highest BCUT2D eigenvalue weighted by molar-refractivity contribution is 6.39. The van der Waals surface area contributed by atoms with Gasteiger partial charge in [-0.15, -0.1) is 0 Å². The number of hydrogen-bond donors (Lipinski definition) is 1. The van der Waals surface area contributed by atoms with Gasteiger partial charge in [-0.3, -0.25) is 14.9 Å². The van der Waals surface area contributed by atoms with Gasteiger partial charge in [0, 0.05) is 22.1 Å². The lowest BCUT2D eigenvalue weighted by molar-refractivity contribution is -0.122. The summed E-state index contributed by atoms with van der Waals surface area (Å²) in [6, 6.07) is 17.0. The van der Waals surface area contributed by atoms with Crippen LogP contribution in [0.4, 0.5) is 10.5 Å². The third-order valence-electron chi connectivity index (χ3n) is 4.97. The van der Waals surface area contributed by atoms with Crippen molar-refractivity contribution in [3.8, 4) is 5.69 Å². The van der Waals surface area contributed by atoms with Crippen molar-refractivity contribution in [2.75, 3.05) is 4.90 Å². The molecule has 1 saturated heterocycles. The molecule has 1 aliphatic heterocycles. The summed E-state index contributed by atoms with van der Waals surface area (Å²) in [5.41, 5.74) is 3.70.